The van der Waals surface area contributed by atoms with Crippen molar-refractivity contribution in [1.29, 1.82) is 0 Å². The van der Waals surface area contributed by atoms with Crippen molar-refractivity contribution in [2.75, 3.05) is 5.32 Å². The molecule has 1 heterocycles. The molecule has 0 aliphatic rings. The molecule has 1 N–H and O–H groups in total. The Morgan fingerprint density at radius 3 is 2.67 bits per heavy atom. The fourth-order valence-electron chi connectivity index (χ4n) is 1.24. The molecule has 4 nitrogen and oxygen atoms in total. The average molecular weight is 314 g/mol. The fourth-order valence-corrected chi connectivity index (χ4v) is 1.44. The first-order valence-corrected chi connectivity index (χ1v) is 5.60. The monoisotopic (exact) mass is 313 g/mol. The van der Waals surface area contributed by atoms with Gasteiger partial charge in [0.05, 0.1) is 18.0 Å². The topological polar surface area (TPSA) is 54.9 Å². The van der Waals surface area contributed by atoms with Crippen molar-refractivity contribution in [3.05, 3.63) is 52.4 Å². The molecular formula is C11H6BrF2N3O. The van der Waals surface area contributed by atoms with Gasteiger partial charge in [0.15, 0.2) is 17.5 Å². The molecule has 0 bridgehead atoms. The average Bonchev–Trinajstić information content (AvgIpc) is 2.35. The van der Waals surface area contributed by atoms with Crippen molar-refractivity contribution < 1.29 is 13.6 Å². The summed E-state index contributed by atoms with van der Waals surface area (Å²) in [6.07, 6.45) is 2.66. The van der Waals surface area contributed by atoms with E-state index in [0.29, 0.717) is 4.60 Å². The molecule has 0 aliphatic heterocycles. The number of hydrogen-bond donors (Lipinski definition) is 1. The molecule has 0 unspecified atom stereocenters. The van der Waals surface area contributed by atoms with Gasteiger partial charge in [-0.3, -0.25) is 4.79 Å². The Morgan fingerprint density at radius 1 is 1.22 bits per heavy atom. The van der Waals surface area contributed by atoms with E-state index in [1.807, 2.05) is 0 Å². The Morgan fingerprint density at radius 2 is 2.00 bits per heavy atom. The smallest absolute Gasteiger partial charge is 0.259 e. The number of halogens is 3. The largest absolute Gasteiger partial charge is 0.305 e. The van der Waals surface area contributed by atoms with E-state index in [1.54, 1.807) is 0 Å². The summed E-state index contributed by atoms with van der Waals surface area (Å²) in [6.45, 7) is 0. The first kappa shape index (κ1) is 12.6. The minimum absolute atomic E-state index is 0.145. The number of rotatable bonds is 2. The second-order valence-electron chi connectivity index (χ2n) is 3.28. The number of hydrogen-bond acceptors (Lipinski definition) is 3. The van der Waals surface area contributed by atoms with Crippen molar-refractivity contribution in [2.45, 2.75) is 0 Å². The lowest BCUT2D eigenvalue weighted by Crippen LogP contribution is -2.15. The quantitative estimate of drug-likeness (QED) is 0.927. The SMILES string of the molecule is O=C(Nc1cnc(Br)cn1)c1cccc(F)c1F. The Labute approximate surface area is 109 Å². The highest BCUT2D eigenvalue weighted by Crippen LogP contribution is 2.13. The fraction of sp³-hybridized carbons (Fsp3) is 0. The number of nitrogens with zero attached hydrogens (tertiary/aromatic N) is 2. The predicted molar refractivity (Wildman–Crippen MR) is 64.0 cm³/mol. The molecule has 0 fully saturated rings. The molecule has 0 radical (unpaired) electrons. The van der Waals surface area contributed by atoms with Crippen LogP contribution in [0.3, 0.4) is 0 Å². The van der Waals surface area contributed by atoms with Crippen LogP contribution in [0.4, 0.5) is 14.6 Å². The minimum atomic E-state index is -1.19. The van der Waals surface area contributed by atoms with Gasteiger partial charge in [0.2, 0.25) is 0 Å². The van der Waals surface area contributed by atoms with Crippen LogP contribution in [0.25, 0.3) is 0 Å². The zero-order valence-corrected chi connectivity index (χ0v) is 10.4. The van der Waals surface area contributed by atoms with E-state index < -0.39 is 17.5 Å². The van der Waals surface area contributed by atoms with Crippen LogP contribution in [-0.2, 0) is 0 Å². The lowest BCUT2D eigenvalue weighted by Gasteiger charge is -2.05. The van der Waals surface area contributed by atoms with E-state index in [0.717, 1.165) is 6.07 Å². The highest BCUT2D eigenvalue weighted by Gasteiger charge is 2.15. The van der Waals surface area contributed by atoms with Crippen LogP contribution in [0.5, 0.6) is 0 Å². The number of aromatic nitrogens is 2. The van der Waals surface area contributed by atoms with E-state index in [9.17, 15) is 13.6 Å². The second-order valence-corrected chi connectivity index (χ2v) is 4.09. The van der Waals surface area contributed by atoms with Crippen molar-refractivity contribution in [3.63, 3.8) is 0 Å². The summed E-state index contributed by atoms with van der Waals surface area (Å²) in [4.78, 5) is 19.4. The minimum Gasteiger partial charge on any atom is -0.305 e. The van der Waals surface area contributed by atoms with Gasteiger partial charge in [-0.2, -0.15) is 0 Å². The maximum Gasteiger partial charge on any atom is 0.259 e. The highest BCUT2D eigenvalue weighted by atomic mass is 79.9. The molecule has 2 rings (SSSR count). The summed E-state index contributed by atoms with van der Waals surface area (Å²) >= 11 is 3.08. The van der Waals surface area contributed by atoms with Gasteiger partial charge in [0.1, 0.15) is 4.60 Å². The lowest BCUT2D eigenvalue weighted by molar-refractivity contribution is 0.102. The maximum absolute atomic E-state index is 13.3. The first-order chi connectivity index (χ1) is 8.58. The molecule has 1 aromatic heterocycles. The van der Waals surface area contributed by atoms with Gasteiger partial charge in [-0.1, -0.05) is 6.07 Å². The third kappa shape index (κ3) is 2.67. The van der Waals surface area contributed by atoms with Gasteiger partial charge in [-0.05, 0) is 28.1 Å². The summed E-state index contributed by atoms with van der Waals surface area (Å²) < 4.78 is 26.8. The molecule has 7 heteroatoms. The molecule has 0 aliphatic carbocycles. The maximum atomic E-state index is 13.3. The Bertz CT molecular complexity index is 589. The zero-order valence-electron chi connectivity index (χ0n) is 8.82. The van der Waals surface area contributed by atoms with Gasteiger partial charge in [0.25, 0.3) is 5.91 Å². The number of anilines is 1. The number of nitrogens with one attached hydrogen (secondary N) is 1. The van der Waals surface area contributed by atoms with Crippen LogP contribution in [0.2, 0.25) is 0 Å². The van der Waals surface area contributed by atoms with Gasteiger partial charge in [-0.15, -0.1) is 0 Å². The van der Waals surface area contributed by atoms with E-state index in [-0.39, 0.29) is 11.4 Å². The molecule has 0 saturated heterocycles. The third-order valence-electron chi connectivity index (χ3n) is 2.06. The highest BCUT2D eigenvalue weighted by molar-refractivity contribution is 9.10. The Hall–Kier alpha value is -1.89. The number of amides is 1. The van der Waals surface area contributed by atoms with E-state index in [4.69, 9.17) is 0 Å². The van der Waals surface area contributed by atoms with Gasteiger partial charge in [0, 0.05) is 0 Å². The van der Waals surface area contributed by atoms with Crippen LogP contribution in [0, 0.1) is 11.6 Å². The van der Waals surface area contributed by atoms with Gasteiger partial charge < -0.3 is 5.32 Å². The lowest BCUT2D eigenvalue weighted by atomic mass is 10.2. The molecule has 2 aromatic rings. The molecule has 1 amide bonds. The van der Waals surface area contributed by atoms with Crippen molar-refractivity contribution in [2.24, 2.45) is 0 Å². The Balaban J connectivity index is 2.22. The zero-order chi connectivity index (χ0) is 13.1. The molecular weight excluding hydrogens is 308 g/mol. The molecule has 0 atom stereocenters. The van der Waals surface area contributed by atoms with Crippen LogP contribution in [0.15, 0.2) is 35.2 Å². The standard InChI is InChI=1S/C11H6BrF2N3O/c12-8-4-16-9(5-15-8)17-11(18)6-2-1-3-7(13)10(6)14/h1-5H,(H,16,17,18). The van der Waals surface area contributed by atoms with Crippen molar-refractivity contribution >= 4 is 27.7 Å². The summed E-state index contributed by atoms with van der Waals surface area (Å²) in [7, 11) is 0. The Kier molecular flexibility index (Phi) is 3.61. The van der Waals surface area contributed by atoms with Gasteiger partial charge in [-0.25, -0.2) is 18.7 Å². The molecule has 0 spiro atoms. The molecule has 0 saturated carbocycles. The normalized spacial score (nSPS) is 10.2. The third-order valence-corrected chi connectivity index (χ3v) is 2.47. The second kappa shape index (κ2) is 5.18. The van der Waals surface area contributed by atoms with Gasteiger partial charge >= 0.3 is 0 Å². The summed E-state index contributed by atoms with van der Waals surface area (Å²) in [6, 6.07) is 3.37. The van der Waals surface area contributed by atoms with Crippen LogP contribution in [-0.4, -0.2) is 15.9 Å². The predicted octanol–water partition coefficient (Wildman–Crippen LogP) is 2.77. The number of benzene rings is 1. The van der Waals surface area contributed by atoms with E-state index in [2.05, 4.69) is 31.2 Å². The van der Waals surface area contributed by atoms with Crippen molar-refractivity contribution in [1.82, 2.24) is 9.97 Å². The van der Waals surface area contributed by atoms with Crippen LogP contribution >= 0.6 is 15.9 Å². The summed E-state index contributed by atoms with van der Waals surface area (Å²) in [5, 5.41) is 2.31. The number of carbonyl (C=O) groups excluding carboxylic acids is 1. The first-order valence-electron chi connectivity index (χ1n) is 4.81. The molecule has 18 heavy (non-hydrogen) atoms. The van der Waals surface area contributed by atoms with Crippen molar-refractivity contribution in [3.8, 4) is 0 Å². The molecule has 1 aromatic carbocycles. The summed E-state index contributed by atoms with van der Waals surface area (Å²) in [5.74, 6) is -2.92. The van der Waals surface area contributed by atoms with Crippen LogP contribution in [0.1, 0.15) is 10.4 Å². The number of carbonyl (C=O) groups is 1. The van der Waals surface area contributed by atoms with Crippen LogP contribution < -0.4 is 5.32 Å². The van der Waals surface area contributed by atoms with E-state index >= 15 is 0 Å². The molecule has 92 valence electrons. The summed E-state index contributed by atoms with van der Waals surface area (Å²) in [5.41, 5.74) is -0.389. The van der Waals surface area contributed by atoms with E-state index in [1.165, 1.54) is 24.5 Å².